The minimum atomic E-state index is 0.188. The lowest BCUT2D eigenvalue weighted by atomic mass is 10.0. The molecule has 0 fully saturated rings. The second kappa shape index (κ2) is 5.61. The highest BCUT2D eigenvalue weighted by atomic mass is 32.1. The van der Waals surface area contributed by atoms with Crippen molar-refractivity contribution in [3.05, 3.63) is 40.4 Å². The van der Waals surface area contributed by atoms with Gasteiger partial charge in [0.2, 0.25) is 0 Å². The third-order valence-electron chi connectivity index (χ3n) is 3.45. The van der Waals surface area contributed by atoms with Crippen LogP contribution in [0, 0.1) is 11.3 Å². The molecule has 0 saturated heterocycles. The van der Waals surface area contributed by atoms with Gasteiger partial charge in [-0.15, -0.1) is 0 Å². The molecule has 0 saturated carbocycles. The minimum Gasteiger partial charge on any atom is -0.376 e. The summed E-state index contributed by atoms with van der Waals surface area (Å²) in [6.45, 7) is 0. The number of benzene rings is 1. The van der Waals surface area contributed by atoms with E-state index < -0.39 is 0 Å². The minimum absolute atomic E-state index is 0.188. The molecule has 0 aliphatic heterocycles. The Labute approximate surface area is 122 Å². The number of anilines is 2. The second-order valence-corrected chi connectivity index (χ2v) is 5.79. The molecule has 1 unspecified atom stereocenters. The first-order valence-electron chi connectivity index (χ1n) is 6.59. The zero-order valence-electron chi connectivity index (χ0n) is 11.2. The first-order chi connectivity index (χ1) is 9.80. The molecule has 0 spiro atoms. The molecule has 1 heterocycles. The van der Waals surface area contributed by atoms with Crippen molar-refractivity contribution in [2.75, 3.05) is 12.4 Å². The Morgan fingerprint density at radius 3 is 2.90 bits per heavy atom. The van der Waals surface area contributed by atoms with Crippen molar-refractivity contribution in [3.63, 3.8) is 0 Å². The molecular weight excluding hydrogens is 270 g/mol. The van der Waals surface area contributed by atoms with Gasteiger partial charge >= 0.3 is 0 Å². The number of fused-ring (bicyclic) bond motifs is 1. The van der Waals surface area contributed by atoms with Crippen molar-refractivity contribution >= 4 is 22.2 Å². The summed E-state index contributed by atoms with van der Waals surface area (Å²) in [5.41, 5.74) is 2.77. The molecule has 2 aromatic rings. The number of nitriles is 1. The molecule has 1 aromatic heterocycles. The fourth-order valence-corrected chi connectivity index (χ4v) is 3.55. The second-order valence-electron chi connectivity index (χ2n) is 4.76. The molecule has 1 atom stereocenters. The summed E-state index contributed by atoms with van der Waals surface area (Å²) in [4.78, 5) is 5.89. The highest BCUT2D eigenvalue weighted by molar-refractivity contribution is 7.15. The fraction of sp³-hybridized carbons (Fsp3) is 0.333. The average Bonchev–Trinajstić information content (AvgIpc) is 2.90. The molecule has 1 N–H and O–H groups in total. The summed E-state index contributed by atoms with van der Waals surface area (Å²) in [6, 6.07) is 9.50. The van der Waals surface area contributed by atoms with Crippen molar-refractivity contribution in [3.8, 4) is 6.07 Å². The van der Waals surface area contributed by atoms with E-state index in [1.54, 1.807) is 30.6 Å². The number of aromatic nitrogens is 1. The topological polar surface area (TPSA) is 57.9 Å². The Morgan fingerprint density at radius 1 is 1.40 bits per heavy atom. The molecule has 1 aliphatic carbocycles. The highest BCUT2D eigenvalue weighted by Crippen LogP contribution is 2.38. The van der Waals surface area contributed by atoms with Gasteiger partial charge in [-0.2, -0.15) is 5.26 Å². The first-order valence-corrected chi connectivity index (χ1v) is 7.41. The predicted molar refractivity (Wildman–Crippen MR) is 79.2 cm³/mol. The first kappa shape index (κ1) is 13.1. The molecule has 0 radical (unpaired) electrons. The Hall–Kier alpha value is -1.90. The summed E-state index contributed by atoms with van der Waals surface area (Å²) >= 11 is 1.66. The van der Waals surface area contributed by atoms with Gasteiger partial charge in [0.05, 0.1) is 28.3 Å². The largest absolute Gasteiger partial charge is 0.376 e. The van der Waals surface area contributed by atoms with Gasteiger partial charge in [0.1, 0.15) is 0 Å². The molecule has 0 amide bonds. The number of aryl methyl sites for hydroxylation is 1. The van der Waals surface area contributed by atoms with E-state index in [4.69, 9.17) is 10.00 Å². The van der Waals surface area contributed by atoms with Gasteiger partial charge in [-0.1, -0.05) is 11.3 Å². The number of hydrogen-bond acceptors (Lipinski definition) is 5. The van der Waals surface area contributed by atoms with Crippen LogP contribution in [-0.4, -0.2) is 12.1 Å². The van der Waals surface area contributed by atoms with E-state index in [0.717, 1.165) is 35.8 Å². The Bertz CT molecular complexity index is 642. The lowest BCUT2D eigenvalue weighted by molar-refractivity contribution is 0.0908. The summed E-state index contributed by atoms with van der Waals surface area (Å²) in [7, 11) is 1.76. The van der Waals surface area contributed by atoms with E-state index in [1.165, 1.54) is 4.88 Å². The van der Waals surface area contributed by atoms with Crippen LogP contribution < -0.4 is 5.32 Å². The maximum Gasteiger partial charge on any atom is 0.187 e. The molecule has 3 rings (SSSR count). The van der Waals surface area contributed by atoms with Crippen molar-refractivity contribution in [2.45, 2.75) is 25.4 Å². The summed E-state index contributed by atoms with van der Waals surface area (Å²) in [5.74, 6) is 0. The maximum absolute atomic E-state index is 8.79. The Morgan fingerprint density at radius 2 is 2.20 bits per heavy atom. The van der Waals surface area contributed by atoms with Crippen LogP contribution in [0.4, 0.5) is 10.8 Å². The lowest BCUT2D eigenvalue weighted by Gasteiger charge is -2.18. The van der Waals surface area contributed by atoms with Crippen LogP contribution in [0.1, 0.15) is 35.1 Å². The van der Waals surface area contributed by atoms with Crippen molar-refractivity contribution in [1.82, 2.24) is 4.98 Å². The molecule has 1 aliphatic rings. The molecule has 4 nitrogen and oxygen atoms in total. The molecular formula is C15H15N3OS. The van der Waals surface area contributed by atoms with Gasteiger partial charge in [0.15, 0.2) is 5.13 Å². The average molecular weight is 285 g/mol. The van der Waals surface area contributed by atoms with Crippen LogP contribution >= 0.6 is 11.3 Å². The zero-order chi connectivity index (χ0) is 13.9. The lowest BCUT2D eigenvalue weighted by Crippen LogP contribution is -2.08. The summed E-state index contributed by atoms with van der Waals surface area (Å²) in [6.07, 6.45) is 3.42. The van der Waals surface area contributed by atoms with Gasteiger partial charge < -0.3 is 10.1 Å². The number of nitrogens with zero attached hydrogens (tertiary/aromatic N) is 2. The van der Waals surface area contributed by atoms with Crippen LogP contribution in [0.25, 0.3) is 0 Å². The van der Waals surface area contributed by atoms with E-state index >= 15 is 0 Å². The quantitative estimate of drug-likeness (QED) is 0.932. The van der Waals surface area contributed by atoms with Crippen LogP contribution in [0.15, 0.2) is 24.3 Å². The number of nitrogens with one attached hydrogen (secondary N) is 1. The predicted octanol–water partition coefficient (Wildman–Crippen LogP) is 3.78. The zero-order valence-corrected chi connectivity index (χ0v) is 12.0. The SMILES string of the molecule is COC1CCCc2nc(Nc3ccc(C#N)cc3)sc21. The molecule has 5 heteroatoms. The van der Waals surface area contributed by atoms with Gasteiger partial charge in [-0.3, -0.25) is 0 Å². The monoisotopic (exact) mass is 285 g/mol. The van der Waals surface area contributed by atoms with Gasteiger partial charge in [-0.25, -0.2) is 4.98 Å². The van der Waals surface area contributed by atoms with E-state index in [2.05, 4.69) is 16.4 Å². The number of ether oxygens (including phenoxy) is 1. The van der Waals surface area contributed by atoms with Crippen LogP contribution in [0.5, 0.6) is 0 Å². The molecule has 0 bridgehead atoms. The molecule has 102 valence electrons. The van der Waals surface area contributed by atoms with Crippen LogP contribution in [0.3, 0.4) is 0 Å². The Kier molecular flexibility index (Phi) is 3.68. The van der Waals surface area contributed by atoms with E-state index in [-0.39, 0.29) is 6.10 Å². The third kappa shape index (κ3) is 2.53. The molecule has 1 aromatic carbocycles. The van der Waals surface area contributed by atoms with Gasteiger partial charge in [0.25, 0.3) is 0 Å². The van der Waals surface area contributed by atoms with Gasteiger partial charge in [-0.05, 0) is 43.5 Å². The van der Waals surface area contributed by atoms with Crippen molar-refractivity contribution in [1.29, 1.82) is 5.26 Å². The van der Waals surface area contributed by atoms with Crippen LogP contribution in [-0.2, 0) is 11.2 Å². The van der Waals surface area contributed by atoms with Gasteiger partial charge in [0, 0.05) is 12.8 Å². The number of rotatable bonds is 3. The third-order valence-corrected chi connectivity index (χ3v) is 4.55. The number of methoxy groups -OCH3 is 1. The Balaban J connectivity index is 1.81. The van der Waals surface area contributed by atoms with E-state index in [9.17, 15) is 0 Å². The van der Waals surface area contributed by atoms with E-state index in [0.29, 0.717) is 5.56 Å². The summed E-state index contributed by atoms with van der Waals surface area (Å²) in [5, 5.41) is 13.0. The van der Waals surface area contributed by atoms with E-state index in [1.807, 2.05) is 12.1 Å². The molecule has 20 heavy (non-hydrogen) atoms. The standard InChI is InChI=1S/C15H15N3OS/c1-19-13-4-2-3-12-14(13)20-15(18-12)17-11-7-5-10(9-16)6-8-11/h5-8,13H,2-4H2,1H3,(H,17,18). The number of hydrogen-bond donors (Lipinski definition) is 1. The van der Waals surface area contributed by atoms with Crippen molar-refractivity contribution < 1.29 is 4.74 Å². The highest BCUT2D eigenvalue weighted by Gasteiger charge is 2.24. The van der Waals surface area contributed by atoms with Crippen LogP contribution in [0.2, 0.25) is 0 Å². The maximum atomic E-state index is 8.79. The number of thiazole rings is 1. The summed E-state index contributed by atoms with van der Waals surface area (Å²) < 4.78 is 5.52. The normalized spacial score (nSPS) is 17.3. The van der Waals surface area contributed by atoms with Crippen molar-refractivity contribution in [2.24, 2.45) is 0 Å². The smallest absolute Gasteiger partial charge is 0.187 e. The fourth-order valence-electron chi connectivity index (χ4n) is 2.41.